The van der Waals surface area contributed by atoms with E-state index in [1.54, 1.807) is 0 Å². The zero-order valence-electron chi connectivity index (χ0n) is 9.93. The summed E-state index contributed by atoms with van der Waals surface area (Å²) in [6.07, 6.45) is 8.60. The highest BCUT2D eigenvalue weighted by Crippen LogP contribution is 2.20. The molecule has 1 saturated carbocycles. The van der Waals surface area contributed by atoms with Crippen LogP contribution in [0.25, 0.3) is 0 Å². The first-order valence-corrected chi connectivity index (χ1v) is 6.02. The Morgan fingerprint density at radius 3 is 2.94 bits per heavy atom. The fourth-order valence-electron chi connectivity index (χ4n) is 2.08. The van der Waals surface area contributed by atoms with Crippen LogP contribution in [0.5, 0.6) is 0 Å². The molecule has 2 nitrogen and oxygen atoms in total. The molecule has 1 aromatic carbocycles. The Bertz CT molecular complexity index is 416. The van der Waals surface area contributed by atoms with Crippen molar-refractivity contribution in [3.63, 3.8) is 0 Å². The van der Waals surface area contributed by atoms with Gasteiger partial charge in [0.05, 0.1) is 12.6 Å². The summed E-state index contributed by atoms with van der Waals surface area (Å²) in [4.78, 5) is 4.65. The summed E-state index contributed by atoms with van der Waals surface area (Å²) in [6, 6.07) is 10.3. The van der Waals surface area contributed by atoms with Gasteiger partial charge in [-0.2, -0.15) is 0 Å². The highest BCUT2D eigenvalue weighted by Gasteiger charge is 2.22. The summed E-state index contributed by atoms with van der Waals surface area (Å²) in [7, 11) is 0. The molecule has 1 atom stereocenters. The Morgan fingerprint density at radius 2 is 2.18 bits per heavy atom. The molecule has 2 rings (SSSR count). The molecule has 88 valence electrons. The Hall–Kier alpha value is -1.59. The monoisotopic (exact) mass is 227 g/mol. The van der Waals surface area contributed by atoms with Crippen LogP contribution in [0.15, 0.2) is 35.3 Å². The van der Waals surface area contributed by atoms with Gasteiger partial charge >= 0.3 is 0 Å². The average molecular weight is 227 g/mol. The van der Waals surface area contributed by atoms with Gasteiger partial charge < -0.3 is 4.74 Å². The fourth-order valence-corrected chi connectivity index (χ4v) is 2.08. The van der Waals surface area contributed by atoms with Crippen LogP contribution in [0.4, 0.5) is 0 Å². The number of aliphatic imine (C=N–C) groups is 1. The summed E-state index contributed by atoms with van der Waals surface area (Å²) in [5.74, 6) is 2.51. The van der Waals surface area contributed by atoms with Gasteiger partial charge in [-0.3, -0.25) is 4.99 Å². The minimum absolute atomic E-state index is 0.148. The summed E-state index contributed by atoms with van der Waals surface area (Å²) >= 11 is 0. The van der Waals surface area contributed by atoms with Gasteiger partial charge in [-0.1, -0.05) is 36.3 Å². The Kier molecular flexibility index (Phi) is 4.35. The lowest BCUT2D eigenvalue weighted by Crippen LogP contribution is -2.18. The molecule has 0 spiro atoms. The molecule has 1 aliphatic carbocycles. The number of nitrogens with zero attached hydrogens (tertiary/aromatic N) is 1. The van der Waals surface area contributed by atoms with E-state index in [1.165, 1.54) is 11.3 Å². The van der Waals surface area contributed by atoms with Crippen molar-refractivity contribution in [3.8, 4) is 12.3 Å². The van der Waals surface area contributed by atoms with Gasteiger partial charge in [-0.05, 0) is 24.8 Å². The van der Waals surface area contributed by atoms with Crippen molar-refractivity contribution in [1.29, 1.82) is 0 Å². The molecule has 1 unspecified atom stereocenters. The van der Waals surface area contributed by atoms with Crippen molar-refractivity contribution in [2.24, 2.45) is 4.99 Å². The zero-order valence-corrected chi connectivity index (χ0v) is 9.93. The second-order valence-corrected chi connectivity index (χ2v) is 4.19. The van der Waals surface area contributed by atoms with E-state index < -0.39 is 0 Å². The van der Waals surface area contributed by atoms with E-state index in [9.17, 15) is 0 Å². The molecule has 2 heteroatoms. The lowest BCUT2D eigenvalue weighted by Gasteiger charge is -2.10. The van der Waals surface area contributed by atoms with Crippen LogP contribution in [0.2, 0.25) is 0 Å². The molecular formula is C15H17NO. The third-order valence-corrected chi connectivity index (χ3v) is 2.95. The SMILES string of the molecule is C#CCOC1CCCC1=NCc1ccccc1. The van der Waals surface area contributed by atoms with Crippen molar-refractivity contribution in [2.75, 3.05) is 6.61 Å². The minimum atomic E-state index is 0.148. The molecule has 1 aromatic rings. The van der Waals surface area contributed by atoms with Crippen LogP contribution in [0.1, 0.15) is 24.8 Å². The van der Waals surface area contributed by atoms with Crippen molar-refractivity contribution >= 4 is 5.71 Å². The molecule has 0 heterocycles. The van der Waals surface area contributed by atoms with E-state index in [-0.39, 0.29) is 6.10 Å². The molecule has 17 heavy (non-hydrogen) atoms. The lowest BCUT2D eigenvalue weighted by molar-refractivity contribution is 0.128. The Morgan fingerprint density at radius 1 is 1.35 bits per heavy atom. The summed E-state index contributed by atoms with van der Waals surface area (Å²) < 4.78 is 5.59. The topological polar surface area (TPSA) is 21.6 Å². The summed E-state index contributed by atoms with van der Waals surface area (Å²) in [6.45, 7) is 1.13. The van der Waals surface area contributed by atoms with Gasteiger partial charge in [0.2, 0.25) is 0 Å². The molecule has 0 radical (unpaired) electrons. The van der Waals surface area contributed by atoms with Crippen molar-refractivity contribution in [1.82, 2.24) is 0 Å². The number of terminal acetylenes is 1. The second kappa shape index (κ2) is 6.22. The predicted octanol–water partition coefficient (Wildman–Crippen LogP) is 2.83. The van der Waals surface area contributed by atoms with Gasteiger partial charge in [0.15, 0.2) is 0 Å². The van der Waals surface area contributed by atoms with Crippen LogP contribution in [-0.4, -0.2) is 18.4 Å². The van der Waals surface area contributed by atoms with Gasteiger partial charge in [0.25, 0.3) is 0 Å². The maximum absolute atomic E-state index is 5.59. The molecule has 1 aliphatic rings. The number of hydrogen-bond acceptors (Lipinski definition) is 2. The van der Waals surface area contributed by atoms with Crippen molar-refractivity contribution < 1.29 is 4.74 Å². The Balaban J connectivity index is 1.94. The molecule has 1 fully saturated rings. The van der Waals surface area contributed by atoms with E-state index in [1.807, 2.05) is 18.2 Å². The first-order valence-electron chi connectivity index (χ1n) is 6.02. The van der Waals surface area contributed by atoms with Crippen LogP contribution in [0, 0.1) is 12.3 Å². The van der Waals surface area contributed by atoms with Crippen molar-refractivity contribution in [2.45, 2.75) is 31.9 Å². The number of hydrogen-bond donors (Lipinski definition) is 0. The Labute approximate surface area is 103 Å². The number of ether oxygens (including phenoxy) is 1. The maximum atomic E-state index is 5.59. The van der Waals surface area contributed by atoms with E-state index in [4.69, 9.17) is 11.2 Å². The van der Waals surface area contributed by atoms with Crippen molar-refractivity contribution in [3.05, 3.63) is 35.9 Å². The number of rotatable bonds is 4. The van der Waals surface area contributed by atoms with Crippen LogP contribution in [-0.2, 0) is 11.3 Å². The highest BCUT2D eigenvalue weighted by molar-refractivity contribution is 5.90. The summed E-state index contributed by atoms with van der Waals surface area (Å²) in [5, 5.41) is 0. The first kappa shape index (κ1) is 11.9. The summed E-state index contributed by atoms with van der Waals surface area (Å²) in [5.41, 5.74) is 2.41. The predicted molar refractivity (Wildman–Crippen MR) is 70.0 cm³/mol. The van der Waals surface area contributed by atoms with E-state index in [0.717, 1.165) is 25.8 Å². The quantitative estimate of drug-likeness (QED) is 0.725. The number of benzene rings is 1. The third-order valence-electron chi connectivity index (χ3n) is 2.95. The van der Waals surface area contributed by atoms with Gasteiger partial charge in [-0.25, -0.2) is 0 Å². The molecule has 0 bridgehead atoms. The molecular weight excluding hydrogens is 210 g/mol. The minimum Gasteiger partial charge on any atom is -0.360 e. The molecule has 0 aromatic heterocycles. The fraction of sp³-hybridized carbons (Fsp3) is 0.400. The second-order valence-electron chi connectivity index (χ2n) is 4.19. The van der Waals surface area contributed by atoms with E-state index in [2.05, 4.69) is 23.0 Å². The van der Waals surface area contributed by atoms with Gasteiger partial charge in [-0.15, -0.1) is 6.42 Å². The molecule has 0 saturated heterocycles. The van der Waals surface area contributed by atoms with Crippen LogP contribution >= 0.6 is 0 Å². The average Bonchev–Trinajstić information content (AvgIpc) is 2.82. The van der Waals surface area contributed by atoms with E-state index in [0.29, 0.717) is 6.61 Å². The molecule has 0 aliphatic heterocycles. The molecule has 0 N–H and O–H groups in total. The van der Waals surface area contributed by atoms with E-state index >= 15 is 0 Å². The maximum Gasteiger partial charge on any atom is 0.108 e. The standard InChI is InChI=1S/C15H17NO/c1-2-11-17-15-10-6-9-14(15)16-12-13-7-4-3-5-8-13/h1,3-5,7-8,15H,6,9-12H2. The smallest absolute Gasteiger partial charge is 0.108 e. The normalized spacial score (nSPS) is 21.6. The molecule has 0 amide bonds. The lowest BCUT2D eigenvalue weighted by atomic mass is 10.2. The highest BCUT2D eigenvalue weighted by atomic mass is 16.5. The van der Waals surface area contributed by atoms with Crippen LogP contribution < -0.4 is 0 Å². The zero-order chi connectivity index (χ0) is 11.9. The van der Waals surface area contributed by atoms with Gasteiger partial charge in [0.1, 0.15) is 6.61 Å². The van der Waals surface area contributed by atoms with Gasteiger partial charge in [0, 0.05) is 5.71 Å². The largest absolute Gasteiger partial charge is 0.360 e. The van der Waals surface area contributed by atoms with Crippen LogP contribution in [0.3, 0.4) is 0 Å². The first-order chi connectivity index (χ1) is 8.40. The third kappa shape index (κ3) is 3.44.